The summed E-state index contributed by atoms with van der Waals surface area (Å²) in [6, 6.07) is 0. The van der Waals surface area contributed by atoms with Gasteiger partial charge in [0.2, 0.25) is 0 Å². The Morgan fingerprint density at radius 2 is 2.00 bits per heavy atom. The fraction of sp³-hybridized carbons (Fsp3) is 0.700. The zero-order valence-corrected chi connectivity index (χ0v) is 7.55. The molecule has 2 unspecified atom stereocenters. The van der Waals surface area contributed by atoms with Crippen molar-refractivity contribution in [2.75, 3.05) is 0 Å². The highest BCUT2D eigenvalue weighted by molar-refractivity contribution is 5.86. The number of hydrogen-bond donors (Lipinski definition) is 1. The van der Waals surface area contributed by atoms with Crippen LogP contribution in [0.3, 0.4) is 0 Å². The lowest BCUT2D eigenvalue weighted by molar-refractivity contribution is -0.133. The van der Waals surface area contributed by atoms with Crippen molar-refractivity contribution in [2.24, 2.45) is 11.8 Å². The van der Waals surface area contributed by atoms with E-state index in [0.717, 1.165) is 19.3 Å². The molecule has 1 aliphatic rings. The van der Waals surface area contributed by atoms with Gasteiger partial charge in [-0.1, -0.05) is 32.8 Å². The molecule has 1 saturated carbocycles. The second-order valence-electron chi connectivity index (χ2n) is 3.70. The second-order valence-corrected chi connectivity index (χ2v) is 3.70. The van der Waals surface area contributed by atoms with E-state index in [2.05, 4.69) is 13.5 Å². The first-order valence-electron chi connectivity index (χ1n) is 4.55. The van der Waals surface area contributed by atoms with E-state index in [1.807, 2.05) is 0 Å². The first kappa shape index (κ1) is 9.30. The third-order valence-electron chi connectivity index (χ3n) is 2.83. The number of carbonyl (C=O) groups is 1. The average molecular weight is 168 g/mol. The van der Waals surface area contributed by atoms with Gasteiger partial charge in [-0.3, -0.25) is 0 Å². The van der Waals surface area contributed by atoms with Crippen LogP contribution in [0.4, 0.5) is 0 Å². The van der Waals surface area contributed by atoms with Gasteiger partial charge in [-0.2, -0.15) is 0 Å². The molecule has 0 aliphatic heterocycles. The molecule has 68 valence electrons. The molecule has 1 aliphatic carbocycles. The maximum Gasteiger partial charge on any atom is 0.331 e. The fourth-order valence-corrected chi connectivity index (χ4v) is 1.99. The number of rotatable bonds is 2. The molecule has 2 atom stereocenters. The summed E-state index contributed by atoms with van der Waals surface area (Å²) in [6.45, 7) is 5.75. The van der Waals surface area contributed by atoms with Gasteiger partial charge in [0.25, 0.3) is 0 Å². The van der Waals surface area contributed by atoms with Gasteiger partial charge >= 0.3 is 5.97 Å². The van der Waals surface area contributed by atoms with E-state index >= 15 is 0 Å². The van der Waals surface area contributed by atoms with Crippen LogP contribution in [0.2, 0.25) is 0 Å². The predicted molar refractivity (Wildman–Crippen MR) is 47.9 cm³/mol. The molecule has 0 radical (unpaired) electrons. The maximum atomic E-state index is 10.6. The van der Waals surface area contributed by atoms with Gasteiger partial charge < -0.3 is 5.11 Å². The van der Waals surface area contributed by atoms with Crippen molar-refractivity contribution < 1.29 is 9.90 Å². The van der Waals surface area contributed by atoms with Crippen molar-refractivity contribution in [3.63, 3.8) is 0 Å². The predicted octanol–water partition coefficient (Wildman–Crippen LogP) is 2.45. The van der Waals surface area contributed by atoms with Crippen LogP contribution in [0.1, 0.15) is 32.6 Å². The quantitative estimate of drug-likeness (QED) is 0.643. The van der Waals surface area contributed by atoms with Crippen molar-refractivity contribution in [2.45, 2.75) is 32.6 Å². The molecule has 1 rings (SSSR count). The molecule has 0 aromatic carbocycles. The van der Waals surface area contributed by atoms with Gasteiger partial charge in [0.1, 0.15) is 0 Å². The summed E-state index contributed by atoms with van der Waals surface area (Å²) in [7, 11) is 0. The van der Waals surface area contributed by atoms with Crippen LogP contribution in [-0.4, -0.2) is 11.1 Å². The summed E-state index contributed by atoms with van der Waals surface area (Å²) in [5, 5.41) is 8.75. The third kappa shape index (κ3) is 1.87. The molecule has 0 heterocycles. The van der Waals surface area contributed by atoms with Crippen LogP contribution < -0.4 is 0 Å². The Kier molecular flexibility index (Phi) is 2.90. The van der Waals surface area contributed by atoms with Gasteiger partial charge in [0, 0.05) is 5.57 Å². The van der Waals surface area contributed by atoms with Crippen molar-refractivity contribution in [1.82, 2.24) is 0 Å². The Hall–Kier alpha value is -0.790. The van der Waals surface area contributed by atoms with Crippen LogP contribution >= 0.6 is 0 Å². The lowest BCUT2D eigenvalue weighted by atomic mass is 9.77. The fourth-order valence-electron chi connectivity index (χ4n) is 1.99. The van der Waals surface area contributed by atoms with Crippen LogP contribution in [-0.2, 0) is 4.79 Å². The first-order chi connectivity index (χ1) is 5.63. The summed E-state index contributed by atoms with van der Waals surface area (Å²) in [6.07, 6.45) is 4.55. The number of aliphatic carboxylic acids is 1. The van der Waals surface area contributed by atoms with E-state index in [4.69, 9.17) is 5.11 Å². The number of carboxylic acids is 1. The Morgan fingerprint density at radius 3 is 2.50 bits per heavy atom. The lowest BCUT2D eigenvalue weighted by Gasteiger charge is -2.28. The second kappa shape index (κ2) is 3.74. The van der Waals surface area contributed by atoms with E-state index in [0.29, 0.717) is 11.5 Å². The minimum atomic E-state index is -0.825. The summed E-state index contributed by atoms with van der Waals surface area (Å²) >= 11 is 0. The third-order valence-corrected chi connectivity index (χ3v) is 2.83. The largest absolute Gasteiger partial charge is 0.478 e. The van der Waals surface area contributed by atoms with E-state index in [-0.39, 0.29) is 5.92 Å². The molecular formula is C10H16O2. The maximum absolute atomic E-state index is 10.6. The molecule has 0 aromatic heterocycles. The molecule has 0 saturated heterocycles. The summed E-state index contributed by atoms with van der Waals surface area (Å²) in [5.41, 5.74) is 0.405. The highest BCUT2D eigenvalue weighted by Gasteiger charge is 2.26. The van der Waals surface area contributed by atoms with E-state index in [1.54, 1.807) is 0 Å². The number of hydrogen-bond acceptors (Lipinski definition) is 1. The first-order valence-corrected chi connectivity index (χ1v) is 4.55. The van der Waals surface area contributed by atoms with E-state index in [9.17, 15) is 4.79 Å². The molecule has 0 bridgehead atoms. The minimum absolute atomic E-state index is 0.219. The highest BCUT2D eigenvalue weighted by atomic mass is 16.4. The molecular weight excluding hydrogens is 152 g/mol. The molecule has 0 amide bonds. The zero-order valence-electron chi connectivity index (χ0n) is 7.55. The average Bonchev–Trinajstić information content (AvgIpc) is 2.04. The van der Waals surface area contributed by atoms with Crippen molar-refractivity contribution >= 4 is 5.97 Å². The van der Waals surface area contributed by atoms with Crippen molar-refractivity contribution in [1.29, 1.82) is 0 Å². The normalized spacial score (nSPS) is 29.8. The van der Waals surface area contributed by atoms with Gasteiger partial charge in [0.05, 0.1) is 0 Å². The monoisotopic (exact) mass is 168 g/mol. The molecule has 1 N–H and O–H groups in total. The van der Waals surface area contributed by atoms with Crippen LogP contribution in [0, 0.1) is 11.8 Å². The summed E-state index contributed by atoms with van der Waals surface area (Å²) < 4.78 is 0. The van der Waals surface area contributed by atoms with Crippen LogP contribution in [0.15, 0.2) is 12.2 Å². The molecule has 2 heteroatoms. The van der Waals surface area contributed by atoms with Crippen molar-refractivity contribution in [3.05, 3.63) is 12.2 Å². The Bertz CT molecular complexity index is 196. The molecule has 12 heavy (non-hydrogen) atoms. The summed E-state index contributed by atoms with van der Waals surface area (Å²) in [4.78, 5) is 10.6. The standard InChI is InChI=1S/C10H16O2/c1-7-5-3-4-6-9(7)8(2)10(11)12/h7,9H,2-6H2,1H3,(H,11,12). The van der Waals surface area contributed by atoms with E-state index in [1.165, 1.54) is 6.42 Å². The SMILES string of the molecule is C=C(C(=O)O)C1CCCCC1C. The lowest BCUT2D eigenvalue weighted by Crippen LogP contribution is -2.22. The smallest absolute Gasteiger partial charge is 0.331 e. The summed E-state index contributed by atoms with van der Waals surface area (Å²) in [5.74, 6) is -0.104. The van der Waals surface area contributed by atoms with Gasteiger partial charge in [-0.25, -0.2) is 4.79 Å². The molecule has 0 aromatic rings. The zero-order chi connectivity index (χ0) is 9.14. The van der Waals surface area contributed by atoms with Gasteiger partial charge in [-0.05, 0) is 18.3 Å². The molecule has 0 spiro atoms. The molecule has 2 nitrogen and oxygen atoms in total. The highest BCUT2D eigenvalue weighted by Crippen LogP contribution is 2.33. The Labute approximate surface area is 73.3 Å². The Morgan fingerprint density at radius 1 is 1.42 bits per heavy atom. The minimum Gasteiger partial charge on any atom is -0.478 e. The topological polar surface area (TPSA) is 37.3 Å². The number of carboxylic acid groups (broad SMARTS) is 1. The van der Waals surface area contributed by atoms with Crippen LogP contribution in [0.5, 0.6) is 0 Å². The van der Waals surface area contributed by atoms with Crippen molar-refractivity contribution in [3.8, 4) is 0 Å². The van der Waals surface area contributed by atoms with E-state index < -0.39 is 5.97 Å². The molecule has 1 fully saturated rings. The Balaban J connectivity index is 2.59. The van der Waals surface area contributed by atoms with Gasteiger partial charge in [-0.15, -0.1) is 0 Å². The van der Waals surface area contributed by atoms with Crippen LogP contribution in [0.25, 0.3) is 0 Å². The van der Waals surface area contributed by atoms with Gasteiger partial charge in [0.15, 0.2) is 0 Å².